The molecule has 170 valence electrons. The van der Waals surface area contributed by atoms with Gasteiger partial charge in [0.05, 0.1) is 17.7 Å². The van der Waals surface area contributed by atoms with E-state index in [1.54, 1.807) is 31.2 Å². The number of alkyl halides is 2. The third-order valence-electron chi connectivity index (χ3n) is 5.74. The number of nitrogens with zero attached hydrogens (tertiary/aromatic N) is 2. The number of carbonyl (C=O) groups is 1. The molecule has 33 heavy (non-hydrogen) atoms. The van der Waals surface area contributed by atoms with Gasteiger partial charge >= 0.3 is 12.6 Å². The Morgan fingerprint density at radius 2 is 1.97 bits per heavy atom. The quantitative estimate of drug-likeness (QED) is 0.545. The summed E-state index contributed by atoms with van der Waals surface area (Å²) < 4.78 is 42.2. The molecule has 1 aromatic heterocycles. The lowest BCUT2D eigenvalue weighted by Gasteiger charge is -2.44. The first kappa shape index (κ1) is 21.3. The Morgan fingerprint density at radius 1 is 1.24 bits per heavy atom. The number of aromatic nitrogens is 1. The first-order chi connectivity index (χ1) is 15.8. The van der Waals surface area contributed by atoms with Crippen molar-refractivity contribution in [2.75, 3.05) is 7.11 Å². The van der Waals surface area contributed by atoms with Gasteiger partial charge in [-0.25, -0.2) is 4.99 Å². The Hall–Kier alpha value is -3.53. The molecule has 3 heterocycles. The van der Waals surface area contributed by atoms with Gasteiger partial charge in [0.25, 0.3) is 5.56 Å². The number of thiazole rings is 1. The number of methoxy groups -OCH3 is 1. The van der Waals surface area contributed by atoms with Crippen molar-refractivity contribution in [1.29, 1.82) is 0 Å². The van der Waals surface area contributed by atoms with Crippen LogP contribution in [0.3, 0.4) is 0 Å². The van der Waals surface area contributed by atoms with E-state index in [0.717, 1.165) is 0 Å². The van der Waals surface area contributed by atoms with E-state index >= 15 is 0 Å². The number of ether oxygens (including phenoxy) is 3. The van der Waals surface area contributed by atoms with E-state index in [0.29, 0.717) is 26.2 Å². The molecule has 2 bridgehead atoms. The molecule has 0 saturated heterocycles. The first-order valence-electron chi connectivity index (χ1n) is 10.0. The summed E-state index contributed by atoms with van der Waals surface area (Å²) in [6.07, 6.45) is 1.65. The third-order valence-corrected chi connectivity index (χ3v) is 6.72. The minimum absolute atomic E-state index is 0.0238. The van der Waals surface area contributed by atoms with Crippen LogP contribution in [0.25, 0.3) is 6.08 Å². The van der Waals surface area contributed by atoms with E-state index in [9.17, 15) is 18.4 Å². The van der Waals surface area contributed by atoms with Gasteiger partial charge in [-0.2, -0.15) is 8.78 Å². The van der Waals surface area contributed by atoms with Crippen LogP contribution in [0.4, 0.5) is 8.78 Å². The summed E-state index contributed by atoms with van der Waals surface area (Å²) in [4.78, 5) is 31.3. The Morgan fingerprint density at radius 3 is 2.67 bits per heavy atom. The summed E-state index contributed by atoms with van der Waals surface area (Å²) in [6, 6.07) is 12.5. The minimum Gasteiger partial charge on any atom is -0.469 e. The molecule has 3 aromatic rings. The maximum Gasteiger partial charge on any atom is 0.387 e. The Balaban J connectivity index is 1.67. The van der Waals surface area contributed by atoms with Gasteiger partial charge in [0.1, 0.15) is 17.4 Å². The van der Waals surface area contributed by atoms with Gasteiger partial charge in [-0.1, -0.05) is 41.7 Å². The number of rotatable bonds is 4. The van der Waals surface area contributed by atoms with E-state index in [4.69, 9.17) is 9.47 Å². The van der Waals surface area contributed by atoms with Crippen LogP contribution >= 0.6 is 11.3 Å². The zero-order valence-electron chi connectivity index (χ0n) is 17.5. The lowest BCUT2D eigenvalue weighted by Crippen LogP contribution is -2.58. The third kappa shape index (κ3) is 3.50. The lowest BCUT2D eigenvalue weighted by atomic mass is 9.81. The van der Waals surface area contributed by atoms with E-state index in [1.165, 1.54) is 35.1 Å². The number of para-hydroxylation sites is 1. The summed E-state index contributed by atoms with van der Waals surface area (Å²) in [5.41, 5.74) is -0.233. The summed E-state index contributed by atoms with van der Waals surface area (Å²) in [6.45, 7) is -1.21. The van der Waals surface area contributed by atoms with Crippen molar-refractivity contribution in [1.82, 2.24) is 4.57 Å². The molecule has 0 aliphatic carbocycles. The van der Waals surface area contributed by atoms with E-state index in [1.807, 2.05) is 18.2 Å². The molecule has 2 aliphatic heterocycles. The number of esters is 1. The topological polar surface area (TPSA) is 79.1 Å². The molecule has 7 nitrogen and oxygen atoms in total. The fourth-order valence-electron chi connectivity index (χ4n) is 4.33. The SMILES string of the molecule is COC(=O)C1C2c3ccccc3O[C@@]1(C)N=c1s/c(=C/c3ccc(OC(F)F)cc3)c(=O)n12. The summed E-state index contributed by atoms with van der Waals surface area (Å²) >= 11 is 1.17. The van der Waals surface area contributed by atoms with Crippen LogP contribution in [0, 0.1) is 5.92 Å². The number of hydrogen-bond donors (Lipinski definition) is 0. The summed E-state index contributed by atoms with van der Waals surface area (Å²) in [7, 11) is 1.29. The Bertz CT molecular complexity index is 1420. The molecule has 3 atom stereocenters. The van der Waals surface area contributed by atoms with Gasteiger partial charge in [0.15, 0.2) is 4.80 Å². The first-order valence-corrected chi connectivity index (χ1v) is 10.9. The van der Waals surface area contributed by atoms with Crippen molar-refractivity contribution in [3.63, 3.8) is 0 Å². The van der Waals surface area contributed by atoms with E-state index in [-0.39, 0.29) is 11.3 Å². The molecule has 0 amide bonds. The average Bonchev–Trinajstić information content (AvgIpc) is 3.07. The predicted octanol–water partition coefficient (Wildman–Crippen LogP) is 2.46. The number of hydrogen-bond acceptors (Lipinski definition) is 7. The van der Waals surface area contributed by atoms with Gasteiger partial charge in [0.2, 0.25) is 5.72 Å². The molecule has 2 aliphatic rings. The number of fused-ring (bicyclic) bond motifs is 6. The number of benzene rings is 2. The van der Waals surface area contributed by atoms with Crippen molar-refractivity contribution in [2.45, 2.75) is 25.3 Å². The van der Waals surface area contributed by atoms with Crippen molar-refractivity contribution in [3.8, 4) is 11.5 Å². The van der Waals surface area contributed by atoms with Gasteiger partial charge in [-0.15, -0.1) is 0 Å². The monoisotopic (exact) mass is 472 g/mol. The standard InChI is InChI=1S/C23H18F2N2O5S/c1-23-17(20(29)30-2)18(14-5-3-4-6-15(14)32-23)27-19(28)16(33-22(27)26-23)11-12-7-9-13(10-8-12)31-21(24)25/h3-11,17-18,21H,1-2H3/b16-11+/t17?,18?,23-/m1/s1. The van der Waals surface area contributed by atoms with Crippen LogP contribution < -0.4 is 24.4 Å². The fourth-order valence-corrected chi connectivity index (χ4v) is 5.43. The molecule has 0 N–H and O–H groups in total. The summed E-state index contributed by atoms with van der Waals surface area (Å²) in [5.74, 6) is -0.797. The van der Waals surface area contributed by atoms with Gasteiger partial charge in [-0.05, 0) is 36.8 Å². The normalized spacial score (nSPS) is 23.2. The minimum atomic E-state index is -2.91. The number of halogens is 2. The molecule has 0 spiro atoms. The van der Waals surface area contributed by atoms with Crippen LogP contribution in [0.2, 0.25) is 0 Å². The van der Waals surface area contributed by atoms with Crippen molar-refractivity contribution in [2.24, 2.45) is 10.9 Å². The molecule has 5 rings (SSSR count). The molecular formula is C23H18F2N2O5S. The van der Waals surface area contributed by atoms with Crippen molar-refractivity contribution >= 4 is 23.4 Å². The smallest absolute Gasteiger partial charge is 0.387 e. The Kier molecular flexibility index (Phi) is 5.04. The van der Waals surface area contributed by atoms with Crippen LogP contribution in [0.15, 0.2) is 58.3 Å². The molecule has 0 fully saturated rings. The van der Waals surface area contributed by atoms with E-state index < -0.39 is 30.3 Å². The highest BCUT2D eigenvalue weighted by Gasteiger charge is 2.55. The number of carbonyl (C=O) groups excluding carboxylic acids is 1. The van der Waals surface area contributed by atoms with Crippen LogP contribution in [-0.2, 0) is 9.53 Å². The molecule has 2 aromatic carbocycles. The average molecular weight is 472 g/mol. The van der Waals surface area contributed by atoms with Crippen LogP contribution in [-0.4, -0.2) is 30.0 Å². The van der Waals surface area contributed by atoms with Crippen molar-refractivity contribution in [3.05, 3.63) is 79.3 Å². The second-order valence-corrected chi connectivity index (χ2v) is 8.78. The predicted molar refractivity (Wildman–Crippen MR) is 115 cm³/mol. The highest BCUT2D eigenvalue weighted by molar-refractivity contribution is 7.07. The molecule has 2 unspecified atom stereocenters. The van der Waals surface area contributed by atoms with Gasteiger partial charge in [-0.3, -0.25) is 14.2 Å². The fraction of sp³-hybridized carbons (Fsp3) is 0.261. The van der Waals surface area contributed by atoms with E-state index in [2.05, 4.69) is 9.73 Å². The van der Waals surface area contributed by atoms with Crippen LogP contribution in [0.1, 0.15) is 24.1 Å². The summed E-state index contributed by atoms with van der Waals surface area (Å²) in [5, 5.41) is 0. The highest BCUT2D eigenvalue weighted by Crippen LogP contribution is 2.47. The van der Waals surface area contributed by atoms with Crippen LogP contribution in [0.5, 0.6) is 11.5 Å². The maximum absolute atomic E-state index is 13.5. The maximum atomic E-state index is 13.5. The lowest BCUT2D eigenvalue weighted by molar-refractivity contribution is -0.158. The molecule has 0 radical (unpaired) electrons. The highest BCUT2D eigenvalue weighted by atomic mass is 32.1. The second kappa shape index (κ2) is 7.80. The van der Waals surface area contributed by atoms with Gasteiger partial charge in [0, 0.05) is 5.56 Å². The molecular weight excluding hydrogens is 454 g/mol. The van der Waals surface area contributed by atoms with Crippen molar-refractivity contribution < 1.29 is 27.8 Å². The molecule has 10 heteroatoms. The van der Waals surface area contributed by atoms with Gasteiger partial charge < -0.3 is 14.2 Å². The zero-order valence-corrected chi connectivity index (χ0v) is 18.3. The zero-order chi connectivity index (χ0) is 23.3. The largest absolute Gasteiger partial charge is 0.469 e. The molecule has 0 saturated carbocycles. The second-order valence-electron chi connectivity index (χ2n) is 7.77. The Labute approximate surface area is 190 Å².